The van der Waals surface area contributed by atoms with Gasteiger partial charge in [-0.1, -0.05) is 0 Å². The smallest absolute Gasteiger partial charge is 0.315 e. The predicted molar refractivity (Wildman–Crippen MR) is 63.3 cm³/mol. The highest BCUT2D eigenvalue weighted by Crippen LogP contribution is 2.00. The lowest BCUT2D eigenvalue weighted by Gasteiger charge is -2.17. The Kier molecular flexibility index (Phi) is 3.53. The predicted octanol–water partition coefficient (Wildman–Crippen LogP) is -0.543. The molecule has 1 aliphatic rings. The lowest BCUT2D eigenvalue weighted by atomic mass is 10.3. The van der Waals surface area contributed by atoms with Crippen LogP contribution in [0.3, 0.4) is 0 Å². The Morgan fingerprint density at radius 1 is 1.59 bits per heavy atom. The Balaban J connectivity index is 2.06. The summed E-state index contributed by atoms with van der Waals surface area (Å²) in [6.45, 7) is 2.49. The SMILES string of the molecule is CCOC(=O)CC(=O)N1C=c2cnsc2=CC1. The maximum Gasteiger partial charge on any atom is 0.315 e. The van der Waals surface area contributed by atoms with Crippen LogP contribution in [0.5, 0.6) is 0 Å². The average molecular weight is 252 g/mol. The van der Waals surface area contributed by atoms with E-state index >= 15 is 0 Å². The fourth-order valence-electron chi connectivity index (χ4n) is 1.52. The van der Waals surface area contributed by atoms with Gasteiger partial charge in [-0.05, 0) is 24.5 Å². The first-order chi connectivity index (χ1) is 8.20. The second kappa shape index (κ2) is 5.09. The molecule has 0 bridgehead atoms. The largest absolute Gasteiger partial charge is 0.466 e. The van der Waals surface area contributed by atoms with Crippen molar-refractivity contribution in [3.8, 4) is 0 Å². The van der Waals surface area contributed by atoms with Crippen molar-refractivity contribution in [3.63, 3.8) is 0 Å². The van der Waals surface area contributed by atoms with Gasteiger partial charge in [0.05, 0.1) is 11.1 Å². The number of fused-ring (bicyclic) bond motifs is 1. The highest BCUT2D eigenvalue weighted by atomic mass is 32.1. The zero-order valence-corrected chi connectivity index (χ0v) is 10.2. The first-order valence-electron chi connectivity index (χ1n) is 5.28. The molecule has 1 aromatic rings. The molecule has 0 radical (unpaired) electrons. The number of carbonyl (C=O) groups is 2. The third-order valence-corrected chi connectivity index (χ3v) is 3.13. The number of carbonyl (C=O) groups excluding carboxylic acids is 2. The van der Waals surface area contributed by atoms with Gasteiger partial charge in [0.1, 0.15) is 6.42 Å². The van der Waals surface area contributed by atoms with E-state index in [9.17, 15) is 9.59 Å². The van der Waals surface area contributed by atoms with Crippen molar-refractivity contribution in [3.05, 3.63) is 15.9 Å². The second-order valence-electron chi connectivity index (χ2n) is 3.51. The van der Waals surface area contributed by atoms with E-state index in [2.05, 4.69) is 4.37 Å². The third-order valence-electron chi connectivity index (χ3n) is 2.32. The maximum absolute atomic E-state index is 11.8. The summed E-state index contributed by atoms with van der Waals surface area (Å²) in [5.41, 5.74) is 0. The van der Waals surface area contributed by atoms with Crippen LogP contribution in [0.4, 0.5) is 0 Å². The van der Waals surface area contributed by atoms with Crippen LogP contribution in [0.1, 0.15) is 13.3 Å². The molecule has 17 heavy (non-hydrogen) atoms. The van der Waals surface area contributed by atoms with Crippen LogP contribution in [0.15, 0.2) is 6.20 Å². The normalized spacial score (nSPS) is 13.4. The van der Waals surface area contributed by atoms with Crippen molar-refractivity contribution >= 4 is 35.7 Å². The summed E-state index contributed by atoms with van der Waals surface area (Å²) in [5, 5.41) is 0.915. The molecule has 2 rings (SSSR count). The molecule has 0 spiro atoms. The molecule has 90 valence electrons. The van der Waals surface area contributed by atoms with Crippen LogP contribution < -0.4 is 9.75 Å². The average Bonchev–Trinajstić information content (AvgIpc) is 2.75. The number of hydrogen-bond acceptors (Lipinski definition) is 5. The number of hydrogen-bond donors (Lipinski definition) is 0. The van der Waals surface area contributed by atoms with Crippen molar-refractivity contribution in [2.24, 2.45) is 0 Å². The van der Waals surface area contributed by atoms with Crippen molar-refractivity contribution < 1.29 is 14.3 Å². The Morgan fingerprint density at radius 3 is 3.18 bits per heavy atom. The van der Waals surface area contributed by atoms with E-state index in [0.717, 1.165) is 9.75 Å². The highest BCUT2D eigenvalue weighted by Gasteiger charge is 2.17. The van der Waals surface area contributed by atoms with E-state index in [1.54, 1.807) is 19.3 Å². The number of rotatable bonds is 3. The summed E-state index contributed by atoms with van der Waals surface area (Å²) in [6, 6.07) is 0. The van der Waals surface area contributed by atoms with Gasteiger partial charge in [-0.25, -0.2) is 0 Å². The Labute approximate surface area is 102 Å². The van der Waals surface area contributed by atoms with Gasteiger partial charge in [-0.3, -0.25) is 9.59 Å². The lowest BCUT2D eigenvalue weighted by Crippen LogP contribution is -2.36. The number of amides is 1. The molecule has 6 heteroatoms. The van der Waals surface area contributed by atoms with Crippen LogP contribution in [0, 0.1) is 0 Å². The van der Waals surface area contributed by atoms with E-state index in [-0.39, 0.29) is 12.3 Å². The number of nitrogens with zero attached hydrogens (tertiary/aromatic N) is 2. The molecule has 5 nitrogen and oxygen atoms in total. The maximum atomic E-state index is 11.8. The van der Waals surface area contributed by atoms with Gasteiger partial charge in [-0.15, -0.1) is 0 Å². The van der Waals surface area contributed by atoms with Crippen LogP contribution in [-0.4, -0.2) is 34.3 Å². The molecule has 0 aliphatic carbocycles. The van der Waals surface area contributed by atoms with Crippen LogP contribution in [-0.2, 0) is 14.3 Å². The van der Waals surface area contributed by atoms with Crippen LogP contribution >= 0.6 is 11.5 Å². The van der Waals surface area contributed by atoms with Crippen molar-refractivity contribution in [2.75, 3.05) is 13.2 Å². The van der Waals surface area contributed by atoms with Gasteiger partial charge < -0.3 is 9.64 Å². The molecule has 0 unspecified atom stereocenters. The van der Waals surface area contributed by atoms with E-state index in [1.165, 1.54) is 16.4 Å². The van der Waals surface area contributed by atoms with Gasteiger partial charge in [0, 0.05) is 24.2 Å². The van der Waals surface area contributed by atoms with E-state index in [4.69, 9.17) is 4.74 Å². The van der Waals surface area contributed by atoms with Crippen molar-refractivity contribution in [2.45, 2.75) is 13.3 Å². The number of esters is 1. The van der Waals surface area contributed by atoms with E-state index < -0.39 is 5.97 Å². The second-order valence-corrected chi connectivity index (χ2v) is 4.34. The minimum Gasteiger partial charge on any atom is -0.466 e. The summed E-state index contributed by atoms with van der Waals surface area (Å²) < 4.78 is 9.83. The van der Waals surface area contributed by atoms with Gasteiger partial charge in [-0.2, -0.15) is 4.37 Å². The number of aromatic nitrogens is 1. The van der Waals surface area contributed by atoms with E-state index in [1.807, 2.05) is 6.08 Å². The first-order valence-corrected chi connectivity index (χ1v) is 6.06. The lowest BCUT2D eigenvalue weighted by molar-refractivity contribution is -0.147. The first kappa shape index (κ1) is 11.8. The monoisotopic (exact) mass is 252 g/mol. The topological polar surface area (TPSA) is 59.5 Å². The van der Waals surface area contributed by atoms with E-state index in [0.29, 0.717) is 13.2 Å². The summed E-state index contributed by atoms with van der Waals surface area (Å²) >= 11 is 1.39. The Morgan fingerprint density at radius 2 is 2.41 bits per heavy atom. The minimum absolute atomic E-state index is 0.217. The van der Waals surface area contributed by atoms with Gasteiger partial charge in [0.2, 0.25) is 5.91 Å². The van der Waals surface area contributed by atoms with Gasteiger partial charge in [0.25, 0.3) is 0 Å². The van der Waals surface area contributed by atoms with Crippen LogP contribution in [0.25, 0.3) is 12.3 Å². The Bertz CT molecular complexity index is 549. The van der Waals surface area contributed by atoms with Gasteiger partial charge in [0.15, 0.2) is 0 Å². The third kappa shape index (κ3) is 2.71. The fourth-order valence-corrected chi connectivity index (χ4v) is 2.16. The molecule has 0 aromatic carbocycles. The fraction of sp³-hybridized carbons (Fsp3) is 0.364. The van der Waals surface area contributed by atoms with Crippen molar-refractivity contribution in [1.29, 1.82) is 0 Å². The molecule has 2 heterocycles. The zero-order chi connectivity index (χ0) is 12.3. The summed E-state index contributed by atoms with van der Waals surface area (Å²) in [7, 11) is 0. The molecule has 1 aliphatic heterocycles. The molecule has 1 aromatic heterocycles. The standard InChI is InChI=1S/C11H12N2O3S/c1-2-16-11(15)5-10(14)13-4-3-9-8(7-13)6-12-17-9/h3,6-7H,2,4-5H2,1H3. The molecule has 0 saturated heterocycles. The minimum atomic E-state index is -0.486. The molecule has 1 amide bonds. The summed E-state index contributed by atoms with van der Waals surface area (Å²) in [6.07, 6.45) is 5.14. The number of ether oxygens (including phenoxy) is 1. The molecule has 0 atom stereocenters. The zero-order valence-electron chi connectivity index (χ0n) is 9.38. The molecule has 0 fully saturated rings. The molecule has 0 N–H and O–H groups in total. The highest BCUT2D eigenvalue weighted by molar-refractivity contribution is 7.03. The molecular formula is C11H12N2O3S. The van der Waals surface area contributed by atoms with Crippen molar-refractivity contribution in [1.82, 2.24) is 9.27 Å². The summed E-state index contributed by atoms with van der Waals surface area (Å²) in [4.78, 5) is 24.5. The quantitative estimate of drug-likeness (QED) is 0.535. The molecular weight excluding hydrogens is 240 g/mol. The Hall–Kier alpha value is -1.69. The summed E-state index contributed by atoms with van der Waals surface area (Å²) in [5.74, 6) is -0.739. The molecule has 0 saturated carbocycles. The van der Waals surface area contributed by atoms with Crippen LogP contribution in [0.2, 0.25) is 0 Å². The van der Waals surface area contributed by atoms with Gasteiger partial charge >= 0.3 is 5.97 Å².